The van der Waals surface area contributed by atoms with Gasteiger partial charge in [0.2, 0.25) is 8.32 Å². The molecule has 0 spiro atoms. The molecule has 0 aromatic carbocycles. The molecule has 0 saturated heterocycles. The average molecular weight is 712 g/mol. The van der Waals surface area contributed by atoms with E-state index in [0.29, 0.717) is 0 Å². The second-order valence-electron chi connectivity index (χ2n) is 16.4. The minimum absolute atomic E-state index is 0.630. The molecule has 0 heterocycles. The molecule has 0 fully saturated rings. The fraction of sp³-hybridized carbons (Fsp3) is 0.769. The Balaban J connectivity index is 6.26. The molecule has 5 nitrogen and oxygen atoms in total. The van der Waals surface area contributed by atoms with Gasteiger partial charge in [0.25, 0.3) is 0 Å². The van der Waals surface area contributed by atoms with Crippen LogP contribution >= 0.6 is 0 Å². The molecule has 0 amide bonds. The van der Waals surface area contributed by atoms with Gasteiger partial charge in [0, 0.05) is 15.3 Å². The van der Waals surface area contributed by atoms with Gasteiger partial charge in [0.1, 0.15) is 0 Å². The largest absolute Gasteiger partial charge is 0.469 e. The van der Waals surface area contributed by atoms with E-state index in [2.05, 4.69) is 159 Å². The minimum Gasteiger partial charge on any atom is -0.433 e. The highest BCUT2D eigenvalue weighted by Gasteiger charge is 2.52. The standard InChI is InChI=1S/C26H66O5Si9/c1-32(2)21-20-22-35(9,10)27-38(15,16)30-40(19,29-37(13,14)26-24-34(6,7)8)31-39(17,18)28-36(11,12)25-23-33(3,4)5/h20,22-26,32H,21H2,1-19H3. The van der Waals surface area contributed by atoms with Crippen LogP contribution in [0.4, 0.5) is 0 Å². The Bertz CT molecular complexity index is 886. The van der Waals surface area contributed by atoms with Crippen molar-refractivity contribution in [2.24, 2.45) is 0 Å². The van der Waals surface area contributed by atoms with Gasteiger partial charge >= 0.3 is 25.9 Å². The first-order valence-electron chi connectivity index (χ1n) is 15.0. The Hall–Kier alpha value is 0.972. The minimum atomic E-state index is -3.15. The first kappa shape index (κ1) is 41.0. The van der Waals surface area contributed by atoms with Crippen LogP contribution in [0.2, 0.25) is 130 Å². The fourth-order valence-corrected chi connectivity index (χ4v) is 37.9. The van der Waals surface area contributed by atoms with E-state index in [-0.39, 0.29) is 0 Å². The molecule has 1 atom stereocenters. The maximum absolute atomic E-state index is 7.03. The van der Waals surface area contributed by atoms with Crippen molar-refractivity contribution in [3.8, 4) is 0 Å². The summed E-state index contributed by atoms with van der Waals surface area (Å²) in [6.07, 6.45) is 2.35. The van der Waals surface area contributed by atoms with E-state index in [1.54, 1.807) is 0 Å². The van der Waals surface area contributed by atoms with E-state index < -0.39 is 75.8 Å². The van der Waals surface area contributed by atoms with E-state index >= 15 is 0 Å². The maximum Gasteiger partial charge on any atom is 0.469 e. The van der Waals surface area contributed by atoms with Crippen molar-refractivity contribution in [2.45, 2.75) is 130 Å². The summed E-state index contributed by atoms with van der Waals surface area (Å²) < 4.78 is 34.8. The molecule has 0 aliphatic heterocycles. The lowest BCUT2D eigenvalue weighted by Gasteiger charge is -2.44. The van der Waals surface area contributed by atoms with Gasteiger partial charge in [0.05, 0.1) is 16.1 Å². The summed E-state index contributed by atoms with van der Waals surface area (Å²) in [7, 11) is -18.0. The molecule has 236 valence electrons. The Morgan fingerprint density at radius 3 is 1.07 bits per heavy atom. The highest BCUT2D eigenvalue weighted by molar-refractivity contribution is 6.94. The topological polar surface area (TPSA) is 46.2 Å². The summed E-state index contributed by atoms with van der Waals surface area (Å²) in [5.41, 5.74) is 11.9. The molecular weight excluding hydrogens is 645 g/mol. The van der Waals surface area contributed by atoms with Crippen molar-refractivity contribution in [3.63, 3.8) is 0 Å². The summed E-state index contributed by atoms with van der Waals surface area (Å²) in [5, 5.41) is 0. The van der Waals surface area contributed by atoms with E-state index in [4.69, 9.17) is 20.6 Å². The Morgan fingerprint density at radius 1 is 0.425 bits per heavy atom. The fourth-order valence-electron chi connectivity index (χ4n) is 4.37. The number of rotatable bonds is 17. The lowest BCUT2D eigenvalue weighted by atomic mass is 10.8. The maximum atomic E-state index is 7.03. The third kappa shape index (κ3) is 20.8. The van der Waals surface area contributed by atoms with Crippen LogP contribution < -0.4 is 0 Å². The molecule has 0 radical (unpaired) electrons. The van der Waals surface area contributed by atoms with Crippen LogP contribution in [-0.2, 0) is 20.6 Å². The predicted octanol–water partition coefficient (Wildman–Crippen LogP) is 9.18. The van der Waals surface area contributed by atoms with Gasteiger partial charge in [-0.05, 0) is 71.5 Å². The van der Waals surface area contributed by atoms with Crippen LogP contribution in [0, 0.1) is 0 Å². The summed E-state index contributed by atoms with van der Waals surface area (Å²) in [6.45, 7) is 43.2. The summed E-state index contributed by atoms with van der Waals surface area (Å²) in [6, 6.07) is 1.20. The third-order valence-corrected chi connectivity index (χ3v) is 31.2. The smallest absolute Gasteiger partial charge is 0.433 e. The van der Waals surface area contributed by atoms with Crippen LogP contribution in [0.3, 0.4) is 0 Å². The molecule has 0 aliphatic carbocycles. The first-order valence-corrected chi connectivity index (χ1v) is 42.1. The molecular formula is C26H66O5Si9. The lowest BCUT2D eigenvalue weighted by Crippen LogP contribution is -2.63. The quantitative estimate of drug-likeness (QED) is 0.141. The summed E-state index contributed by atoms with van der Waals surface area (Å²) >= 11 is 0. The molecule has 1 unspecified atom stereocenters. The Kier molecular flexibility index (Phi) is 15.2. The molecule has 14 heteroatoms. The van der Waals surface area contributed by atoms with Gasteiger partial charge in [-0.25, -0.2) is 0 Å². The van der Waals surface area contributed by atoms with Crippen molar-refractivity contribution in [1.82, 2.24) is 0 Å². The van der Waals surface area contributed by atoms with Crippen molar-refractivity contribution in [2.75, 3.05) is 0 Å². The SMILES string of the molecule is C[SiH](C)CC=C[Si](C)(C)O[Si](C)(C)O[Si](C)(O[Si](C)(C)C=C[Si](C)(C)C)O[Si](C)(C)O[Si](C)(C)C=C[Si](C)(C)C. The predicted molar refractivity (Wildman–Crippen MR) is 202 cm³/mol. The van der Waals surface area contributed by atoms with Crippen molar-refractivity contribution >= 4 is 75.8 Å². The Morgan fingerprint density at radius 2 is 0.750 bits per heavy atom. The molecule has 0 aliphatic rings. The van der Waals surface area contributed by atoms with Crippen LogP contribution in [0.15, 0.2) is 34.6 Å². The van der Waals surface area contributed by atoms with E-state index in [1.807, 2.05) is 0 Å². The summed E-state index contributed by atoms with van der Waals surface area (Å²) in [5.74, 6) is 0. The number of hydrogen-bond acceptors (Lipinski definition) is 5. The van der Waals surface area contributed by atoms with Crippen LogP contribution in [0.5, 0.6) is 0 Å². The molecule has 0 N–H and O–H groups in total. The summed E-state index contributed by atoms with van der Waals surface area (Å²) in [4.78, 5) is 0. The zero-order chi connectivity index (χ0) is 32.1. The second-order valence-corrected chi connectivity index (χ2v) is 51.8. The van der Waals surface area contributed by atoms with E-state index in [9.17, 15) is 0 Å². The molecule has 40 heavy (non-hydrogen) atoms. The van der Waals surface area contributed by atoms with Gasteiger partial charge in [-0.1, -0.05) is 75.5 Å². The first-order chi connectivity index (χ1) is 17.4. The normalized spacial score (nSPS) is 17.1. The molecule has 0 bridgehead atoms. The monoisotopic (exact) mass is 710 g/mol. The molecule has 0 rings (SSSR count). The highest BCUT2D eigenvalue weighted by Crippen LogP contribution is 2.30. The zero-order valence-electron chi connectivity index (χ0n) is 29.8. The number of hydrogen-bond donors (Lipinski definition) is 0. The van der Waals surface area contributed by atoms with Crippen molar-refractivity contribution < 1.29 is 20.6 Å². The number of allylic oxidation sites excluding steroid dienone is 1. The van der Waals surface area contributed by atoms with Gasteiger partial charge in [-0.2, -0.15) is 0 Å². The molecule has 0 aromatic rings. The molecule has 0 aromatic heterocycles. The van der Waals surface area contributed by atoms with Crippen LogP contribution in [0.1, 0.15) is 0 Å². The zero-order valence-corrected chi connectivity index (χ0v) is 38.9. The van der Waals surface area contributed by atoms with Gasteiger partial charge < -0.3 is 20.6 Å². The third-order valence-electron chi connectivity index (χ3n) is 5.42. The van der Waals surface area contributed by atoms with Gasteiger partial charge in [-0.15, -0.1) is 11.4 Å². The average Bonchev–Trinajstić information content (AvgIpc) is 2.59. The van der Waals surface area contributed by atoms with Crippen LogP contribution in [0.25, 0.3) is 0 Å². The molecule has 0 saturated carbocycles. The van der Waals surface area contributed by atoms with Crippen molar-refractivity contribution in [3.05, 3.63) is 34.6 Å². The Labute approximate surface area is 260 Å². The lowest BCUT2D eigenvalue weighted by molar-refractivity contribution is 0.217. The second kappa shape index (κ2) is 14.8. The van der Waals surface area contributed by atoms with E-state index in [0.717, 1.165) is 0 Å². The van der Waals surface area contributed by atoms with Crippen molar-refractivity contribution in [1.29, 1.82) is 0 Å². The van der Waals surface area contributed by atoms with Crippen LogP contribution in [-0.4, -0.2) is 75.8 Å². The van der Waals surface area contributed by atoms with E-state index in [1.165, 1.54) is 6.04 Å². The van der Waals surface area contributed by atoms with Gasteiger partial charge in [0.15, 0.2) is 16.6 Å². The highest BCUT2D eigenvalue weighted by atomic mass is 28.5. The van der Waals surface area contributed by atoms with Gasteiger partial charge in [-0.3, -0.25) is 0 Å².